The number of aromatic nitrogens is 2. The van der Waals surface area contributed by atoms with Crippen LogP contribution in [0.25, 0.3) is 0 Å². The van der Waals surface area contributed by atoms with Crippen molar-refractivity contribution in [1.82, 2.24) is 19.8 Å². The lowest BCUT2D eigenvalue weighted by atomic mass is 9.91. The lowest BCUT2D eigenvalue weighted by Gasteiger charge is -2.34. The molecule has 3 N–H and O–H groups in total. The van der Waals surface area contributed by atoms with Crippen molar-refractivity contribution in [2.45, 2.75) is 26.1 Å². The minimum absolute atomic E-state index is 0.188. The molecule has 1 aromatic heterocycles. The van der Waals surface area contributed by atoms with E-state index in [2.05, 4.69) is 10.3 Å². The molecule has 1 saturated heterocycles. The molecule has 2 amide bonds. The first-order valence-electron chi connectivity index (χ1n) is 8.97. The molecule has 2 unspecified atom stereocenters. The third-order valence-electron chi connectivity index (χ3n) is 4.42. The number of imidazole rings is 1. The summed E-state index contributed by atoms with van der Waals surface area (Å²) >= 11 is 0. The lowest BCUT2D eigenvalue weighted by molar-refractivity contribution is -0.192. The zero-order chi connectivity index (χ0) is 23.2. The van der Waals surface area contributed by atoms with Gasteiger partial charge in [0.2, 0.25) is 5.95 Å². The summed E-state index contributed by atoms with van der Waals surface area (Å²) in [5, 5.41) is 19.2. The Balaban J connectivity index is 0.000000553. The summed E-state index contributed by atoms with van der Waals surface area (Å²) in [5.41, 5.74) is 0.891. The van der Waals surface area contributed by atoms with E-state index in [0.717, 1.165) is 11.6 Å². The first-order valence-corrected chi connectivity index (χ1v) is 8.97. The summed E-state index contributed by atoms with van der Waals surface area (Å²) in [7, 11) is 5.71. The van der Waals surface area contributed by atoms with Crippen molar-refractivity contribution in [2.75, 3.05) is 32.1 Å². The number of halogens is 3. The van der Waals surface area contributed by atoms with Crippen LogP contribution in [-0.2, 0) is 23.2 Å². The maximum Gasteiger partial charge on any atom is 0.490 e. The van der Waals surface area contributed by atoms with Gasteiger partial charge in [0.15, 0.2) is 0 Å². The van der Waals surface area contributed by atoms with Gasteiger partial charge in [-0.05, 0) is 12.3 Å². The van der Waals surface area contributed by atoms with Crippen LogP contribution in [0.2, 0.25) is 0 Å². The molecule has 2 heterocycles. The molecule has 0 aromatic carbocycles. The summed E-state index contributed by atoms with van der Waals surface area (Å²) in [4.78, 5) is 40.2. The maximum absolute atomic E-state index is 12.3. The van der Waals surface area contributed by atoms with E-state index in [4.69, 9.17) is 9.90 Å². The van der Waals surface area contributed by atoms with Gasteiger partial charge in [-0.1, -0.05) is 6.92 Å². The second-order valence-corrected chi connectivity index (χ2v) is 7.25. The van der Waals surface area contributed by atoms with Crippen LogP contribution in [0, 0.1) is 11.8 Å². The summed E-state index contributed by atoms with van der Waals surface area (Å²) in [6.45, 7) is 3.18. The van der Waals surface area contributed by atoms with Gasteiger partial charge in [-0.2, -0.15) is 13.2 Å². The van der Waals surface area contributed by atoms with Crippen molar-refractivity contribution in [3.05, 3.63) is 11.9 Å². The Bertz CT molecular complexity index is 765. The fourth-order valence-corrected chi connectivity index (χ4v) is 2.99. The molecule has 10 nitrogen and oxygen atoms in total. The number of hydrogen-bond acceptors (Lipinski definition) is 5. The highest BCUT2D eigenvalue weighted by Gasteiger charge is 2.38. The van der Waals surface area contributed by atoms with Crippen LogP contribution in [0.4, 0.5) is 23.9 Å². The standard InChI is InChI=1S/C15H25N5O3.C2HF3O2/c1-10-5-11(13(21)22)9-20(8-10)15(23)17-7-12-6-16-14(18(2)3)19(12)4;3-2(4,5)1(6)7/h6,10-11H,5,7-9H2,1-4H3,(H,17,23)(H,21,22);(H,6,7). The summed E-state index contributed by atoms with van der Waals surface area (Å²) in [5.74, 6) is -3.08. The largest absolute Gasteiger partial charge is 0.490 e. The van der Waals surface area contributed by atoms with Gasteiger partial charge in [0.25, 0.3) is 0 Å². The summed E-state index contributed by atoms with van der Waals surface area (Å²) < 4.78 is 33.7. The van der Waals surface area contributed by atoms with Crippen molar-refractivity contribution in [3.63, 3.8) is 0 Å². The van der Waals surface area contributed by atoms with E-state index in [9.17, 15) is 27.9 Å². The number of hydrogen-bond donors (Lipinski definition) is 3. The van der Waals surface area contributed by atoms with Crippen LogP contribution in [0.5, 0.6) is 0 Å². The van der Waals surface area contributed by atoms with Gasteiger partial charge in [0.05, 0.1) is 24.4 Å². The van der Waals surface area contributed by atoms with E-state index >= 15 is 0 Å². The Labute approximate surface area is 171 Å². The topological polar surface area (TPSA) is 128 Å². The van der Waals surface area contributed by atoms with Crippen LogP contribution in [0.3, 0.4) is 0 Å². The Kier molecular flexibility index (Phi) is 8.49. The predicted octanol–water partition coefficient (Wildman–Crippen LogP) is 1.37. The number of carbonyl (C=O) groups is 3. The number of carbonyl (C=O) groups excluding carboxylic acids is 1. The molecule has 0 spiro atoms. The molecule has 170 valence electrons. The lowest BCUT2D eigenvalue weighted by Crippen LogP contribution is -2.49. The van der Waals surface area contributed by atoms with Gasteiger partial charge < -0.3 is 29.9 Å². The average Bonchev–Trinajstić information content (AvgIpc) is 2.99. The molecular formula is C17H26F3N5O5. The zero-order valence-electron chi connectivity index (χ0n) is 17.1. The van der Waals surface area contributed by atoms with Crippen molar-refractivity contribution in [3.8, 4) is 0 Å². The molecule has 1 fully saturated rings. The molecule has 1 aliphatic heterocycles. The molecule has 0 radical (unpaired) electrons. The predicted molar refractivity (Wildman–Crippen MR) is 99.9 cm³/mol. The van der Waals surface area contributed by atoms with Crippen molar-refractivity contribution in [1.29, 1.82) is 0 Å². The number of piperidine rings is 1. The minimum Gasteiger partial charge on any atom is -0.481 e. The number of anilines is 1. The van der Waals surface area contributed by atoms with Crippen LogP contribution >= 0.6 is 0 Å². The number of amides is 2. The quantitative estimate of drug-likeness (QED) is 0.649. The molecule has 1 aliphatic rings. The molecule has 2 atom stereocenters. The Hall–Kier alpha value is -2.99. The number of likely N-dealkylation sites (tertiary alicyclic amines) is 1. The zero-order valence-corrected chi connectivity index (χ0v) is 17.1. The van der Waals surface area contributed by atoms with Gasteiger partial charge in [0.1, 0.15) is 0 Å². The smallest absolute Gasteiger partial charge is 0.481 e. The number of alkyl halides is 3. The molecule has 0 bridgehead atoms. The monoisotopic (exact) mass is 437 g/mol. The van der Waals surface area contributed by atoms with E-state index < -0.39 is 24.0 Å². The fourth-order valence-electron chi connectivity index (χ4n) is 2.99. The molecule has 0 saturated carbocycles. The third kappa shape index (κ3) is 7.12. The van der Waals surface area contributed by atoms with Crippen LogP contribution in [0.15, 0.2) is 6.20 Å². The summed E-state index contributed by atoms with van der Waals surface area (Å²) in [6.07, 6.45) is -2.73. The number of nitrogens with zero attached hydrogens (tertiary/aromatic N) is 4. The first kappa shape index (κ1) is 25.0. The summed E-state index contributed by atoms with van der Waals surface area (Å²) in [6, 6.07) is -0.226. The first-order chi connectivity index (χ1) is 13.7. The second kappa shape index (κ2) is 10.2. The van der Waals surface area contributed by atoms with Gasteiger partial charge in [0, 0.05) is 34.2 Å². The molecule has 2 rings (SSSR count). The number of carboxylic acids is 2. The normalized spacial score (nSPS) is 18.8. The van der Waals surface area contributed by atoms with Gasteiger partial charge in [-0.15, -0.1) is 0 Å². The molecular weight excluding hydrogens is 411 g/mol. The molecule has 13 heteroatoms. The second-order valence-electron chi connectivity index (χ2n) is 7.25. The van der Waals surface area contributed by atoms with Crippen LogP contribution in [-0.4, -0.2) is 76.0 Å². The van der Waals surface area contributed by atoms with Crippen molar-refractivity contribution >= 4 is 23.9 Å². The van der Waals surface area contributed by atoms with Gasteiger partial charge >= 0.3 is 24.1 Å². The Morgan fingerprint density at radius 2 is 1.83 bits per heavy atom. The van der Waals surface area contributed by atoms with Crippen molar-refractivity contribution in [2.24, 2.45) is 18.9 Å². The van der Waals surface area contributed by atoms with Crippen LogP contribution < -0.4 is 10.2 Å². The average molecular weight is 437 g/mol. The number of carboxylic acid groups (broad SMARTS) is 2. The van der Waals surface area contributed by atoms with E-state index in [1.54, 1.807) is 11.1 Å². The molecule has 30 heavy (non-hydrogen) atoms. The Morgan fingerprint density at radius 3 is 2.27 bits per heavy atom. The maximum atomic E-state index is 12.3. The third-order valence-corrected chi connectivity index (χ3v) is 4.42. The van der Waals surface area contributed by atoms with Gasteiger partial charge in [-0.25, -0.2) is 14.6 Å². The van der Waals surface area contributed by atoms with E-state index in [-0.39, 0.29) is 18.5 Å². The van der Waals surface area contributed by atoms with E-state index in [1.807, 2.05) is 37.5 Å². The highest BCUT2D eigenvalue weighted by molar-refractivity contribution is 5.76. The SMILES string of the molecule is CC1CC(C(=O)O)CN(C(=O)NCc2cnc(N(C)C)n2C)C1.O=C(O)C(F)(F)F. The van der Waals surface area contributed by atoms with Crippen LogP contribution in [0.1, 0.15) is 19.0 Å². The highest BCUT2D eigenvalue weighted by atomic mass is 19.4. The molecule has 0 aliphatic carbocycles. The number of nitrogens with one attached hydrogen (secondary N) is 1. The highest BCUT2D eigenvalue weighted by Crippen LogP contribution is 2.22. The number of rotatable bonds is 4. The fraction of sp³-hybridized carbons (Fsp3) is 0.647. The number of aliphatic carboxylic acids is 2. The number of urea groups is 1. The van der Waals surface area contributed by atoms with Crippen molar-refractivity contribution < 1.29 is 37.8 Å². The van der Waals surface area contributed by atoms with E-state index in [0.29, 0.717) is 19.5 Å². The van der Waals surface area contributed by atoms with E-state index in [1.165, 1.54) is 0 Å². The minimum atomic E-state index is -5.08. The van der Waals surface area contributed by atoms with Gasteiger partial charge in [-0.3, -0.25) is 4.79 Å². The molecule has 1 aromatic rings. The Morgan fingerprint density at radius 1 is 1.27 bits per heavy atom.